The van der Waals surface area contributed by atoms with Gasteiger partial charge in [-0.05, 0) is 13.8 Å². The van der Waals surface area contributed by atoms with Crippen LogP contribution in [0.3, 0.4) is 0 Å². The number of nitrogens with zero attached hydrogens (tertiary/aromatic N) is 2. The number of thiazole rings is 1. The highest BCUT2D eigenvalue weighted by atomic mass is 32.1. The summed E-state index contributed by atoms with van der Waals surface area (Å²) in [6.07, 6.45) is 0.423. The van der Waals surface area contributed by atoms with Gasteiger partial charge in [-0.25, -0.2) is 9.78 Å². The average Bonchev–Trinajstić information content (AvgIpc) is 2.65. The van der Waals surface area contributed by atoms with E-state index in [4.69, 9.17) is 15.7 Å². The standard InChI is InChI=1S/C9H11N3O4S/c1-9(2,7(14)15)16-12-5(3-13)6-4-17-8(10)11-6/h3-4H,1-2H3,(H2,10,11)(H,14,15). The van der Waals surface area contributed by atoms with Crippen LogP contribution in [0.5, 0.6) is 0 Å². The minimum atomic E-state index is -1.52. The minimum absolute atomic E-state index is 0.104. The molecule has 1 aromatic heterocycles. The Labute approximate surface area is 101 Å². The fourth-order valence-electron chi connectivity index (χ4n) is 0.736. The van der Waals surface area contributed by atoms with Crippen LogP contribution < -0.4 is 5.73 Å². The molecule has 0 atom stereocenters. The number of nitrogen functional groups attached to an aromatic ring is 1. The van der Waals surface area contributed by atoms with Gasteiger partial charge in [-0.2, -0.15) is 0 Å². The summed E-state index contributed by atoms with van der Waals surface area (Å²) in [6.45, 7) is 2.63. The van der Waals surface area contributed by atoms with Crippen LogP contribution in [0.25, 0.3) is 0 Å². The third-order valence-electron chi connectivity index (χ3n) is 1.78. The molecule has 0 aromatic carbocycles. The van der Waals surface area contributed by atoms with Crippen molar-refractivity contribution in [2.24, 2.45) is 5.16 Å². The smallest absolute Gasteiger partial charge is 0.350 e. The molecule has 92 valence electrons. The molecule has 0 amide bonds. The summed E-state index contributed by atoms with van der Waals surface area (Å²) < 4.78 is 0. The molecule has 8 heteroatoms. The highest BCUT2D eigenvalue weighted by molar-refractivity contribution is 7.13. The van der Waals surface area contributed by atoms with Gasteiger partial charge in [0.05, 0.1) is 0 Å². The van der Waals surface area contributed by atoms with Crippen molar-refractivity contribution in [3.05, 3.63) is 11.1 Å². The van der Waals surface area contributed by atoms with Crippen molar-refractivity contribution in [3.63, 3.8) is 0 Å². The van der Waals surface area contributed by atoms with Crippen LogP contribution in [-0.2, 0) is 14.4 Å². The molecule has 17 heavy (non-hydrogen) atoms. The molecule has 0 radical (unpaired) electrons. The van der Waals surface area contributed by atoms with Crippen LogP contribution >= 0.6 is 11.3 Å². The van der Waals surface area contributed by atoms with E-state index in [0.29, 0.717) is 6.29 Å². The van der Waals surface area contributed by atoms with Crippen molar-refractivity contribution in [2.45, 2.75) is 19.4 Å². The lowest BCUT2D eigenvalue weighted by atomic mass is 10.1. The Morgan fingerprint density at radius 3 is 2.76 bits per heavy atom. The maximum Gasteiger partial charge on any atom is 0.350 e. The van der Waals surface area contributed by atoms with Gasteiger partial charge >= 0.3 is 5.97 Å². The highest BCUT2D eigenvalue weighted by Gasteiger charge is 2.30. The molecule has 7 nitrogen and oxygen atoms in total. The van der Waals surface area contributed by atoms with Gasteiger partial charge in [-0.3, -0.25) is 4.79 Å². The summed E-state index contributed by atoms with van der Waals surface area (Å²) in [5.41, 5.74) is 4.03. The number of oxime groups is 1. The Kier molecular flexibility index (Phi) is 3.79. The molecule has 0 unspecified atom stereocenters. The van der Waals surface area contributed by atoms with Crippen LogP contribution in [-0.4, -0.2) is 33.7 Å². The third-order valence-corrected chi connectivity index (χ3v) is 2.46. The van der Waals surface area contributed by atoms with Crippen LogP contribution in [0.15, 0.2) is 10.5 Å². The summed E-state index contributed by atoms with van der Waals surface area (Å²) in [5.74, 6) is -1.19. The van der Waals surface area contributed by atoms with Crippen LogP contribution in [0, 0.1) is 0 Å². The van der Waals surface area contributed by atoms with E-state index in [0.717, 1.165) is 11.3 Å². The van der Waals surface area contributed by atoms with Crippen molar-refractivity contribution in [1.82, 2.24) is 4.98 Å². The van der Waals surface area contributed by atoms with E-state index in [1.807, 2.05) is 0 Å². The molecule has 3 N–H and O–H groups in total. The number of carbonyl (C=O) groups excluding carboxylic acids is 1. The second kappa shape index (κ2) is 4.91. The zero-order valence-corrected chi connectivity index (χ0v) is 10.0. The number of rotatable bonds is 5. The van der Waals surface area contributed by atoms with E-state index >= 15 is 0 Å². The first kappa shape index (κ1) is 13.1. The first-order chi connectivity index (χ1) is 7.86. The number of carbonyl (C=O) groups is 2. The minimum Gasteiger partial charge on any atom is -0.478 e. The fraction of sp³-hybridized carbons (Fsp3) is 0.333. The Morgan fingerprint density at radius 1 is 1.71 bits per heavy atom. The molecule has 0 saturated carbocycles. The summed E-state index contributed by atoms with van der Waals surface area (Å²) in [6, 6.07) is 0. The quantitative estimate of drug-likeness (QED) is 0.451. The van der Waals surface area contributed by atoms with E-state index < -0.39 is 11.6 Å². The molecule has 0 bridgehead atoms. The molecule has 0 aliphatic carbocycles. The molecular weight excluding hydrogens is 246 g/mol. The lowest BCUT2D eigenvalue weighted by Gasteiger charge is -2.16. The first-order valence-corrected chi connectivity index (χ1v) is 5.41. The number of aromatic nitrogens is 1. The number of carboxylic acid groups (broad SMARTS) is 1. The fourth-order valence-corrected chi connectivity index (χ4v) is 1.29. The maximum atomic E-state index is 10.8. The molecule has 1 heterocycles. The molecule has 0 fully saturated rings. The van der Waals surface area contributed by atoms with Gasteiger partial charge in [0.1, 0.15) is 5.69 Å². The monoisotopic (exact) mass is 257 g/mol. The first-order valence-electron chi connectivity index (χ1n) is 4.53. The Bertz CT molecular complexity index is 467. The van der Waals surface area contributed by atoms with E-state index in [2.05, 4.69) is 10.1 Å². The molecule has 1 aromatic rings. The van der Waals surface area contributed by atoms with Gasteiger partial charge in [0.2, 0.25) is 5.60 Å². The maximum absolute atomic E-state index is 10.8. The lowest BCUT2D eigenvalue weighted by Crippen LogP contribution is -2.33. The normalized spacial score (nSPS) is 12.2. The number of anilines is 1. The highest BCUT2D eigenvalue weighted by Crippen LogP contribution is 2.14. The summed E-state index contributed by atoms with van der Waals surface area (Å²) in [5, 5.41) is 14.1. The lowest BCUT2D eigenvalue weighted by molar-refractivity contribution is -0.161. The van der Waals surface area contributed by atoms with Gasteiger partial charge < -0.3 is 15.7 Å². The second-order valence-corrected chi connectivity index (χ2v) is 4.46. The van der Waals surface area contributed by atoms with Crippen LogP contribution in [0.2, 0.25) is 0 Å². The van der Waals surface area contributed by atoms with E-state index in [9.17, 15) is 9.59 Å². The van der Waals surface area contributed by atoms with E-state index in [1.165, 1.54) is 19.2 Å². The molecule has 0 aliphatic rings. The molecule has 0 spiro atoms. The number of nitrogens with two attached hydrogens (primary N) is 1. The number of hydrogen-bond acceptors (Lipinski definition) is 7. The Morgan fingerprint density at radius 2 is 2.35 bits per heavy atom. The zero-order chi connectivity index (χ0) is 13.1. The van der Waals surface area contributed by atoms with Gasteiger partial charge in [0, 0.05) is 5.38 Å². The van der Waals surface area contributed by atoms with Crippen molar-refractivity contribution < 1.29 is 19.5 Å². The molecule has 1 rings (SSSR count). The summed E-state index contributed by atoms with van der Waals surface area (Å²) in [7, 11) is 0. The average molecular weight is 257 g/mol. The summed E-state index contributed by atoms with van der Waals surface area (Å²) >= 11 is 1.14. The van der Waals surface area contributed by atoms with Crippen molar-refractivity contribution >= 4 is 34.4 Å². The van der Waals surface area contributed by atoms with Gasteiger partial charge in [-0.15, -0.1) is 11.3 Å². The predicted molar refractivity (Wildman–Crippen MR) is 61.9 cm³/mol. The number of aldehydes is 1. The zero-order valence-electron chi connectivity index (χ0n) is 9.21. The van der Waals surface area contributed by atoms with E-state index in [1.54, 1.807) is 0 Å². The topological polar surface area (TPSA) is 115 Å². The summed E-state index contributed by atoms with van der Waals surface area (Å²) in [4.78, 5) is 30.1. The largest absolute Gasteiger partial charge is 0.478 e. The van der Waals surface area contributed by atoms with Crippen molar-refractivity contribution in [2.75, 3.05) is 5.73 Å². The second-order valence-electron chi connectivity index (χ2n) is 3.57. The number of carboxylic acids is 1. The van der Waals surface area contributed by atoms with Crippen LogP contribution in [0.4, 0.5) is 5.13 Å². The Hall–Kier alpha value is -1.96. The molecule has 0 saturated heterocycles. The third kappa shape index (κ3) is 3.25. The number of hydrogen-bond donors (Lipinski definition) is 2. The molecule has 0 aliphatic heterocycles. The predicted octanol–water partition coefficient (Wildman–Crippen LogP) is 0.508. The molecular formula is C9H11N3O4S. The van der Waals surface area contributed by atoms with Gasteiger partial charge in [0.15, 0.2) is 17.1 Å². The van der Waals surface area contributed by atoms with Gasteiger partial charge in [0.25, 0.3) is 0 Å². The van der Waals surface area contributed by atoms with E-state index in [-0.39, 0.29) is 16.5 Å². The Balaban J connectivity index is 2.89. The number of aliphatic carboxylic acids is 1. The van der Waals surface area contributed by atoms with Crippen molar-refractivity contribution in [3.8, 4) is 0 Å². The van der Waals surface area contributed by atoms with Crippen LogP contribution in [0.1, 0.15) is 19.5 Å². The van der Waals surface area contributed by atoms with Crippen molar-refractivity contribution in [1.29, 1.82) is 0 Å². The van der Waals surface area contributed by atoms with Gasteiger partial charge in [-0.1, -0.05) is 5.16 Å². The SMILES string of the molecule is CC(C)(ON=C(C=O)c1csc(N)n1)C(=O)O.